The van der Waals surface area contributed by atoms with Gasteiger partial charge in [-0.2, -0.15) is 11.8 Å². The molecule has 2 aliphatic rings. The van der Waals surface area contributed by atoms with E-state index >= 15 is 0 Å². The Hall–Kier alpha value is -1.83. The number of nitrogens with zero attached hydrogens (tertiary/aromatic N) is 4. The van der Waals surface area contributed by atoms with Gasteiger partial charge in [0.25, 0.3) is 5.91 Å². The lowest BCUT2D eigenvalue weighted by Gasteiger charge is -2.35. The van der Waals surface area contributed by atoms with Crippen LogP contribution in [0.15, 0.2) is 43.0 Å². The molecule has 150 valence electrons. The number of carbonyl (C=O) groups excluding carboxylic acids is 1. The van der Waals surface area contributed by atoms with E-state index in [9.17, 15) is 4.79 Å². The molecule has 1 amide bonds. The summed E-state index contributed by atoms with van der Waals surface area (Å²) in [5.74, 6) is 2.31. The molecule has 1 unspecified atom stereocenters. The van der Waals surface area contributed by atoms with Crippen LogP contribution < -0.4 is 0 Å². The number of thioether (sulfide) groups is 1. The minimum atomic E-state index is 0.162. The Bertz CT molecular complexity index is 744. The summed E-state index contributed by atoms with van der Waals surface area (Å²) < 4.78 is 7.50. The van der Waals surface area contributed by atoms with E-state index in [0.717, 1.165) is 69.4 Å². The first-order valence-corrected chi connectivity index (χ1v) is 11.2. The van der Waals surface area contributed by atoms with Gasteiger partial charge in [0, 0.05) is 56.4 Å². The normalized spacial score (nSPS) is 21.4. The molecular formula is C21H28N4O2S. The van der Waals surface area contributed by atoms with Gasteiger partial charge >= 0.3 is 0 Å². The standard InChI is InChI=1S/C21H28N4O2S/c26-21(19-4-2-18(3-5-19)14-24-8-6-22-17-24)25-7-1-13-28-16-20(25)15-23-9-11-27-12-10-23/h2-6,8,17,20H,1,7,9-16H2. The first-order valence-electron chi connectivity index (χ1n) is 10.0. The van der Waals surface area contributed by atoms with Crippen molar-refractivity contribution in [3.63, 3.8) is 0 Å². The summed E-state index contributed by atoms with van der Waals surface area (Å²) in [7, 11) is 0. The molecule has 2 saturated heterocycles. The van der Waals surface area contributed by atoms with Crippen LogP contribution in [0, 0.1) is 0 Å². The molecule has 7 heteroatoms. The minimum absolute atomic E-state index is 0.162. The van der Waals surface area contributed by atoms with Crippen LogP contribution in [0.25, 0.3) is 0 Å². The van der Waals surface area contributed by atoms with Crippen LogP contribution in [0.4, 0.5) is 0 Å². The first kappa shape index (κ1) is 19.5. The van der Waals surface area contributed by atoms with E-state index in [-0.39, 0.29) is 11.9 Å². The van der Waals surface area contributed by atoms with Gasteiger partial charge in [0.2, 0.25) is 0 Å². The molecule has 0 bridgehead atoms. The van der Waals surface area contributed by atoms with Crippen molar-refractivity contribution in [2.45, 2.75) is 19.0 Å². The van der Waals surface area contributed by atoms with Crippen LogP contribution in [0.1, 0.15) is 22.3 Å². The van der Waals surface area contributed by atoms with Crippen LogP contribution in [0.5, 0.6) is 0 Å². The zero-order chi connectivity index (χ0) is 19.2. The van der Waals surface area contributed by atoms with Gasteiger partial charge in [-0.05, 0) is 29.9 Å². The third kappa shape index (κ3) is 4.96. The van der Waals surface area contributed by atoms with E-state index in [2.05, 4.69) is 26.9 Å². The van der Waals surface area contributed by atoms with E-state index < -0.39 is 0 Å². The summed E-state index contributed by atoms with van der Waals surface area (Å²) in [5, 5.41) is 0. The molecule has 0 aliphatic carbocycles. The van der Waals surface area contributed by atoms with Crippen LogP contribution in [0.3, 0.4) is 0 Å². The molecule has 0 radical (unpaired) electrons. The highest BCUT2D eigenvalue weighted by Gasteiger charge is 2.28. The monoisotopic (exact) mass is 400 g/mol. The molecule has 0 spiro atoms. The van der Waals surface area contributed by atoms with E-state index in [1.165, 1.54) is 5.56 Å². The van der Waals surface area contributed by atoms with Crippen molar-refractivity contribution in [3.05, 3.63) is 54.1 Å². The molecule has 2 aromatic rings. The van der Waals surface area contributed by atoms with Crippen molar-refractivity contribution < 1.29 is 9.53 Å². The number of hydrogen-bond acceptors (Lipinski definition) is 5. The number of carbonyl (C=O) groups is 1. The predicted octanol–water partition coefficient (Wildman–Crippen LogP) is 2.21. The maximum Gasteiger partial charge on any atom is 0.254 e. The summed E-state index contributed by atoms with van der Waals surface area (Å²) >= 11 is 1.97. The highest BCUT2D eigenvalue weighted by molar-refractivity contribution is 7.99. The molecule has 2 aliphatic heterocycles. The molecule has 1 aromatic heterocycles. The number of morpholine rings is 1. The van der Waals surface area contributed by atoms with Crippen molar-refractivity contribution in [2.75, 3.05) is 50.9 Å². The van der Waals surface area contributed by atoms with E-state index in [0.29, 0.717) is 0 Å². The van der Waals surface area contributed by atoms with Gasteiger partial charge in [-0.25, -0.2) is 4.98 Å². The van der Waals surface area contributed by atoms with Crippen LogP contribution in [0.2, 0.25) is 0 Å². The quantitative estimate of drug-likeness (QED) is 0.770. The fourth-order valence-electron chi connectivity index (χ4n) is 3.84. The molecule has 0 N–H and O–H groups in total. The van der Waals surface area contributed by atoms with Gasteiger partial charge in [0.1, 0.15) is 0 Å². The van der Waals surface area contributed by atoms with E-state index in [4.69, 9.17) is 4.74 Å². The predicted molar refractivity (Wildman–Crippen MR) is 112 cm³/mol. The van der Waals surface area contributed by atoms with Gasteiger partial charge in [-0.3, -0.25) is 9.69 Å². The van der Waals surface area contributed by atoms with Gasteiger partial charge in [0.05, 0.1) is 25.6 Å². The number of amides is 1. The van der Waals surface area contributed by atoms with Gasteiger partial charge in [0.15, 0.2) is 0 Å². The Morgan fingerprint density at radius 3 is 2.75 bits per heavy atom. The van der Waals surface area contributed by atoms with E-state index in [1.54, 1.807) is 6.20 Å². The lowest BCUT2D eigenvalue weighted by atomic mass is 10.1. The fraction of sp³-hybridized carbons (Fsp3) is 0.524. The molecule has 0 saturated carbocycles. The molecule has 1 aromatic carbocycles. The summed E-state index contributed by atoms with van der Waals surface area (Å²) in [6, 6.07) is 8.31. The second kappa shape index (κ2) is 9.58. The minimum Gasteiger partial charge on any atom is -0.379 e. The van der Waals surface area contributed by atoms with Crippen molar-refractivity contribution in [3.8, 4) is 0 Å². The first-order chi connectivity index (χ1) is 13.8. The maximum absolute atomic E-state index is 13.3. The Labute approximate surface area is 170 Å². The van der Waals surface area contributed by atoms with Crippen LogP contribution >= 0.6 is 11.8 Å². The number of benzene rings is 1. The van der Waals surface area contributed by atoms with Gasteiger partial charge in [-0.15, -0.1) is 0 Å². The van der Waals surface area contributed by atoms with Crippen molar-refractivity contribution in [1.82, 2.24) is 19.4 Å². The Morgan fingerprint density at radius 1 is 1.18 bits per heavy atom. The Morgan fingerprint density at radius 2 is 2.00 bits per heavy atom. The topological polar surface area (TPSA) is 50.6 Å². The zero-order valence-electron chi connectivity index (χ0n) is 16.2. The summed E-state index contributed by atoms with van der Waals surface area (Å²) in [4.78, 5) is 21.9. The zero-order valence-corrected chi connectivity index (χ0v) is 17.0. The summed E-state index contributed by atoms with van der Waals surface area (Å²) in [5.41, 5.74) is 1.96. The summed E-state index contributed by atoms with van der Waals surface area (Å²) in [6.45, 7) is 6.09. The maximum atomic E-state index is 13.3. The van der Waals surface area contributed by atoms with E-state index in [1.807, 2.05) is 41.0 Å². The molecular weight excluding hydrogens is 372 g/mol. The molecule has 2 fully saturated rings. The Balaban J connectivity index is 1.44. The van der Waals surface area contributed by atoms with Gasteiger partial charge in [-0.1, -0.05) is 12.1 Å². The fourth-order valence-corrected chi connectivity index (χ4v) is 4.90. The van der Waals surface area contributed by atoms with Gasteiger partial charge < -0.3 is 14.2 Å². The summed E-state index contributed by atoms with van der Waals surface area (Å²) in [6.07, 6.45) is 6.60. The SMILES string of the molecule is O=C(c1ccc(Cn2ccnc2)cc1)N1CCCSCC1CN1CCOCC1. The molecule has 1 atom stereocenters. The molecule has 3 heterocycles. The number of rotatable bonds is 5. The second-order valence-electron chi connectivity index (χ2n) is 7.43. The smallest absolute Gasteiger partial charge is 0.254 e. The highest BCUT2D eigenvalue weighted by atomic mass is 32.2. The molecule has 4 rings (SSSR count). The molecule has 6 nitrogen and oxygen atoms in total. The third-order valence-corrected chi connectivity index (χ3v) is 6.60. The third-order valence-electron chi connectivity index (χ3n) is 5.40. The largest absolute Gasteiger partial charge is 0.379 e. The average Bonchev–Trinajstić information content (AvgIpc) is 3.13. The van der Waals surface area contributed by atoms with Crippen LogP contribution in [-0.4, -0.2) is 82.2 Å². The molecule has 28 heavy (non-hydrogen) atoms. The number of aromatic nitrogens is 2. The lowest BCUT2D eigenvalue weighted by Crippen LogP contribution is -2.50. The second-order valence-corrected chi connectivity index (χ2v) is 8.58. The lowest BCUT2D eigenvalue weighted by molar-refractivity contribution is 0.0245. The average molecular weight is 401 g/mol. The van der Waals surface area contributed by atoms with Crippen LogP contribution in [-0.2, 0) is 11.3 Å². The number of imidazole rings is 1. The van der Waals surface area contributed by atoms with Crippen molar-refractivity contribution >= 4 is 17.7 Å². The van der Waals surface area contributed by atoms with Crippen molar-refractivity contribution in [2.24, 2.45) is 0 Å². The van der Waals surface area contributed by atoms with Crippen molar-refractivity contribution in [1.29, 1.82) is 0 Å². The number of ether oxygens (including phenoxy) is 1. The number of hydrogen-bond donors (Lipinski definition) is 0. The Kier molecular flexibility index (Phi) is 6.67. The highest BCUT2D eigenvalue weighted by Crippen LogP contribution is 2.20.